The molecule has 0 aliphatic carbocycles. The summed E-state index contributed by atoms with van der Waals surface area (Å²) in [5.74, 6) is -0.722. The van der Waals surface area contributed by atoms with Gasteiger partial charge in [-0.05, 0) is 24.6 Å². The van der Waals surface area contributed by atoms with E-state index >= 15 is 0 Å². The molecule has 0 N–H and O–H groups in total. The number of hydrogen-bond donors (Lipinski definition) is 0. The van der Waals surface area contributed by atoms with Crippen molar-refractivity contribution in [2.24, 2.45) is 11.8 Å². The van der Waals surface area contributed by atoms with Crippen LogP contribution in [0.3, 0.4) is 0 Å². The third-order valence-electron chi connectivity index (χ3n) is 5.67. The fourth-order valence-corrected chi connectivity index (χ4v) is 4.32. The molecule has 1 amide bonds. The van der Waals surface area contributed by atoms with E-state index in [1.54, 1.807) is 12.0 Å². The van der Waals surface area contributed by atoms with Crippen molar-refractivity contribution in [2.75, 3.05) is 20.8 Å². The summed E-state index contributed by atoms with van der Waals surface area (Å²) >= 11 is 0. The number of carbonyl (C=O) groups is 2. The number of likely N-dealkylation sites (tertiary alicyclic amines) is 1. The summed E-state index contributed by atoms with van der Waals surface area (Å²) in [6.07, 6.45) is 3.47. The van der Waals surface area contributed by atoms with E-state index in [2.05, 4.69) is 0 Å². The first-order valence-electron chi connectivity index (χ1n) is 8.40. The topological polar surface area (TPSA) is 65.1 Å². The second kappa shape index (κ2) is 5.59. The second-order valence-electron chi connectivity index (χ2n) is 6.84. The molecule has 3 aliphatic rings. The predicted octanol–water partition coefficient (Wildman–Crippen LogP) is 1.71. The van der Waals surface area contributed by atoms with Gasteiger partial charge in [0.15, 0.2) is 0 Å². The quantitative estimate of drug-likeness (QED) is 0.615. The summed E-state index contributed by atoms with van der Waals surface area (Å²) < 4.78 is 16.1. The van der Waals surface area contributed by atoms with Crippen LogP contribution in [-0.2, 0) is 19.1 Å². The van der Waals surface area contributed by atoms with E-state index in [0.717, 1.165) is 11.3 Å². The monoisotopic (exact) mass is 343 g/mol. The maximum absolute atomic E-state index is 13.1. The van der Waals surface area contributed by atoms with Gasteiger partial charge in [-0.25, -0.2) is 0 Å². The molecule has 1 aromatic rings. The lowest BCUT2D eigenvalue weighted by Gasteiger charge is -2.27. The molecule has 3 aliphatic heterocycles. The fraction of sp³-hybridized carbons (Fsp3) is 0.474. The van der Waals surface area contributed by atoms with Crippen LogP contribution in [-0.4, -0.2) is 49.2 Å². The first-order chi connectivity index (χ1) is 12.0. The summed E-state index contributed by atoms with van der Waals surface area (Å²) in [5.41, 5.74) is 0.306. The number of ether oxygens (including phenoxy) is 3. The Labute approximate surface area is 146 Å². The van der Waals surface area contributed by atoms with Crippen LogP contribution in [0.25, 0.3) is 0 Å². The zero-order chi connectivity index (χ0) is 17.8. The lowest BCUT2D eigenvalue weighted by molar-refractivity contribution is -0.151. The Morgan fingerprint density at radius 3 is 2.68 bits per heavy atom. The lowest BCUT2D eigenvalue weighted by atomic mass is 9.77. The van der Waals surface area contributed by atoms with Crippen molar-refractivity contribution < 1.29 is 23.8 Å². The van der Waals surface area contributed by atoms with Crippen molar-refractivity contribution in [3.63, 3.8) is 0 Å². The van der Waals surface area contributed by atoms with E-state index in [4.69, 9.17) is 14.2 Å². The number of carbonyl (C=O) groups excluding carboxylic acids is 2. The summed E-state index contributed by atoms with van der Waals surface area (Å²) in [7, 11) is 2.97. The maximum Gasteiger partial charge on any atom is 0.312 e. The minimum Gasteiger partial charge on any atom is -0.497 e. The molecule has 1 spiro atoms. The third-order valence-corrected chi connectivity index (χ3v) is 5.67. The highest BCUT2D eigenvalue weighted by Gasteiger charge is 2.67. The Kier molecular flexibility index (Phi) is 3.61. The number of fused-ring (bicyclic) bond motifs is 1. The number of amides is 1. The number of nitrogens with zero attached hydrogens (tertiary/aromatic N) is 1. The Morgan fingerprint density at radius 1 is 1.32 bits per heavy atom. The molecule has 0 unspecified atom stereocenters. The van der Waals surface area contributed by atoms with Gasteiger partial charge >= 0.3 is 5.97 Å². The molecule has 1 aromatic carbocycles. The number of rotatable bonds is 4. The van der Waals surface area contributed by atoms with Crippen molar-refractivity contribution in [1.82, 2.24) is 4.90 Å². The molecule has 132 valence electrons. The molecular weight excluding hydrogens is 322 g/mol. The third kappa shape index (κ3) is 2.20. The standard InChI is InChI=1S/C19H21NO5/c1-11(12-4-6-13(23-2)7-5-12)20-10-19-9-8-14(25-19)15(18(22)24-3)16(19)17(20)21/h4-9,11,14-16H,10H2,1-3H3/t11-,14-,15+,16-,19+/m1/s1. The van der Waals surface area contributed by atoms with E-state index in [1.165, 1.54) is 7.11 Å². The van der Waals surface area contributed by atoms with Gasteiger partial charge in [0, 0.05) is 0 Å². The molecule has 2 fully saturated rings. The molecule has 0 radical (unpaired) electrons. The summed E-state index contributed by atoms with van der Waals surface area (Å²) in [5, 5.41) is 0. The van der Waals surface area contributed by atoms with Gasteiger partial charge < -0.3 is 19.1 Å². The van der Waals surface area contributed by atoms with E-state index in [1.807, 2.05) is 43.3 Å². The molecular formula is C19H21NO5. The Balaban J connectivity index is 1.62. The molecule has 0 aromatic heterocycles. The minimum absolute atomic E-state index is 0.0504. The van der Waals surface area contributed by atoms with Crippen molar-refractivity contribution in [3.8, 4) is 5.75 Å². The minimum atomic E-state index is -0.707. The molecule has 2 bridgehead atoms. The van der Waals surface area contributed by atoms with Crippen LogP contribution in [0, 0.1) is 11.8 Å². The first kappa shape index (κ1) is 16.1. The lowest BCUT2D eigenvalue weighted by Crippen LogP contribution is -2.39. The maximum atomic E-state index is 13.1. The van der Waals surface area contributed by atoms with Crippen LogP contribution in [0.5, 0.6) is 5.75 Å². The molecule has 6 heteroatoms. The molecule has 3 heterocycles. The van der Waals surface area contributed by atoms with Gasteiger partial charge in [0.05, 0.1) is 38.8 Å². The fourth-order valence-electron chi connectivity index (χ4n) is 4.32. The van der Waals surface area contributed by atoms with E-state index in [-0.39, 0.29) is 24.0 Å². The highest BCUT2D eigenvalue weighted by atomic mass is 16.5. The average molecular weight is 343 g/mol. The normalized spacial score (nSPS) is 33.5. The SMILES string of the molecule is COC(=O)[C@H]1[C@H]2C=C[C@@]3(CN([C@H](C)c4ccc(OC)cc4)C(=O)[C@@H]13)O2. The smallest absolute Gasteiger partial charge is 0.312 e. The Morgan fingerprint density at radius 2 is 2.04 bits per heavy atom. The largest absolute Gasteiger partial charge is 0.497 e. The van der Waals surface area contributed by atoms with Crippen LogP contribution >= 0.6 is 0 Å². The number of hydrogen-bond acceptors (Lipinski definition) is 5. The second-order valence-corrected chi connectivity index (χ2v) is 6.84. The van der Waals surface area contributed by atoms with Crippen LogP contribution in [0.1, 0.15) is 18.5 Å². The van der Waals surface area contributed by atoms with Crippen molar-refractivity contribution in [2.45, 2.75) is 24.7 Å². The average Bonchev–Trinajstić information content (AvgIpc) is 3.29. The Hall–Kier alpha value is -2.34. The molecule has 6 nitrogen and oxygen atoms in total. The van der Waals surface area contributed by atoms with Crippen molar-refractivity contribution in [1.29, 1.82) is 0 Å². The number of methoxy groups -OCH3 is 2. The Bertz CT molecular complexity index is 743. The zero-order valence-electron chi connectivity index (χ0n) is 14.5. The van der Waals surface area contributed by atoms with E-state index < -0.39 is 17.4 Å². The van der Waals surface area contributed by atoms with Gasteiger partial charge in [-0.1, -0.05) is 24.3 Å². The van der Waals surface area contributed by atoms with Crippen LogP contribution in [0.15, 0.2) is 36.4 Å². The van der Waals surface area contributed by atoms with Crippen LogP contribution < -0.4 is 4.74 Å². The van der Waals surface area contributed by atoms with Gasteiger partial charge in [-0.2, -0.15) is 0 Å². The first-order valence-corrected chi connectivity index (χ1v) is 8.40. The van der Waals surface area contributed by atoms with Crippen molar-refractivity contribution in [3.05, 3.63) is 42.0 Å². The van der Waals surface area contributed by atoms with Crippen molar-refractivity contribution >= 4 is 11.9 Å². The molecule has 4 rings (SSSR count). The van der Waals surface area contributed by atoms with Gasteiger partial charge in [0.25, 0.3) is 0 Å². The van der Waals surface area contributed by atoms with Gasteiger partial charge in [-0.3, -0.25) is 9.59 Å². The molecule has 2 saturated heterocycles. The number of benzene rings is 1. The van der Waals surface area contributed by atoms with Crippen LogP contribution in [0.4, 0.5) is 0 Å². The molecule has 25 heavy (non-hydrogen) atoms. The van der Waals surface area contributed by atoms with Gasteiger partial charge in [0.2, 0.25) is 5.91 Å². The van der Waals surface area contributed by atoms with E-state index in [9.17, 15) is 9.59 Å². The summed E-state index contributed by atoms with van der Waals surface area (Å²) in [4.78, 5) is 27.1. The van der Waals surface area contributed by atoms with Gasteiger partial charge in [-0.15, -0.1) is 0 Å². The van der Waals surface area contributed by atoms with Crippen LogP contribution in [0.2, 0.25) is 0 Å². The highest BCUT2D eigenvalue weighted by Crippen LogP contribution is 2.53. The molecule has 5 atom stereocenters. The van der Waals surface area contributed by atoms with Gasteiger partial charge in [0.1, 0.15) is 17.3 Å². The highest BCUT2D eigenvalue weighted by molar-refractivity contribution is 5.91. The zero-order valence-corrected chi connectivity index (χ0v) is 14.5. The van der Waals surface area contributed by atoms with E-state index in [0.29, 0.717) is 6.54 Å². The molecule has 0 saturated carbocycles. The summed E-state index contributed by atoms with van der Waals surface area (Å²) in [6.45, 7) is 2.44. The predicted molar refractivity (Wildman–Crippen MR) is 88.9 cm³/mol. The number of esters is 1. The summed E-state index contributed by atoms with van der Waals surface area (Å²) in [6, 6.07) is 7.55.